The van der Waals surface area contributed by atoms with Crippen LogP contribution in [0.15, 0.2) is 0 Å². The van der Waals surface area contributed by atoms with Crippen molar-refractivity contribution in [1.82, 2.24) is 9.25 Å². The van der Waals surface area contributed by atoms with E-state index in [-0.39, 0.29) is 0 Å². The maximum Gasteiger partial charge on any atom is 0.249 e. The SMILES string of the molecule is CN(NS(=O)O)S(=O)O. The standard InChI is InChI=1S/CH6N2O4S2/c1-3(9(6)7)2-8(4)5/h2H,1H3,(H,4,5)(H,6,7). The highest BCUT2D eigenvalue weighted by Gasteiger charge is 2.04. The molecule has 9 heavy (non-hydrogen) atoms. The van der Waals surface area contributed by atoms with Crippen LogP contribution in [-0.2, 0) is 22.5 Å². The minimum absolute atomic E-state index is 0.593. The molecule has 0 rings (SSSR count). The van der Waals surface area contributed by atoms with Crippen molar-refractivity contribution in [3.05, 3.63) is 0 Å². The summed E-state index contributed by atoms with van der Waals surface area (Å²) < 4.78 is 36.6. The van der Waals surface area contributed by atoms with Gasteiger partial charge in [-0.3, -0.25) is 9.11 Å². The van der Waals surface area contributed by atoms with E-state index in [1.165, 1.54) is 0 Å². The molecule has 56 valence electrons. The van der Waals surface area contributed by atoms with Gasteiger partial charge in [0, 0.05) is 7.05 Å². The van der Waals surface area contributed by atoms with E-state index in [4.69, 9.17) is 9.11 Å². The molecule has 0 radical (unpaired) electrons. The van der Waals surface area contributed by atoms with E-state index in [1.807, 2.05) is 0 Å². The number of hydrazine groups is 1. The molecule has 0 bridgehead atoms. The fourth-order valence-electron chi connectivity index (χ4n) is 0.142. The third-order valence-corrected chi connectivity index (χ3v) is 1.55. The van der Waals surface area contributed by atoms with Gasteiger partial charge in [-0.25, -0.2) is 8.42 Å². The van der Waals surface area contributed by atoms with Crippen LogP contribution in [0.5, 0.6) is 0 Å². The summed E-state index contributed by atoms with van der Waals surface area (Å²) in [6.07, 6.45) is 0. The third-order valence-electron chi connectivity index (χ3n) is 0.441. The molecule has 0 saturated heterocycles. The number of nitrogens with one attached hydrogen (secondary N) is 1. The highest BCUT2D eigenvalue weighted by atomic mass is 32.2. The van der Waals surface area contributed by atoms with Gasteiger partial charge in [-0.2, -0.15) is 0 Å². The molecule has 6 nitrogen and oxygen atoms in total. The van der Waals surface area contributed by atoms with E-state index < -0.39 is 22.5 Å². The number of nitrogens with zero attached hydrogens (tertiary/aromatic N) is 1. The predicted molar refractivity (Wildman–Crippen MR) is 32.4 cm³/mol. The summed E-state index contributed by atoms with van der Waals surface area (Å²) in [5, 5.41) is 0. The molecule has 0 aliphatic rings. The summed E-state index contributed by atoms with van der Waals surface area (Å²) in [6.45, 7) is 0. The maximum atomic E-state index is 9.96. The Morgan fingerprint density at radius 1 is 1.44 bits per heavy atom. The van der Waals surface area contributed by atoms with Crippen LogP contribution in [0.3, 0.4) is 0 Å². The van der Waals surface area contributed by atoms with Gasteiger partial charge >= 0.3 is 0 Å². The molecule has 0 aliphatic heterocycles. The van der Waals surface area contributed by atoms with Crippen LogP contribution in [0, 0.1) is 0 Å². The molecular formula is CH6N2O4S2. The number of hydrogen-bond donors (Lipinski definition) is 3. The first kappa shape index (κ1) is 9.14. The predicted octanol–water partition coefficient (Wildman–Crippen LogP) is -1.30. The van der Waals surface area contributed by atoms with E-state index in [0.717, 1.165) is 7.05 Å². The van der Waals surface area contributed by atoms with E-state index >= 15 is 0 Å². The van der Waals surface area contributed by atoms with Crippen LogP contribution in [-0.4, -0.2) is 29.0 Å². The second kappa shape index (κ2) is 4.04. The molecule has 0 fully saturated rings. The van der Waals surface area contributed by atoms with Crippen LogP contribution in [0.4, 0.5) is 0 Å². The summed E-state index contributed by atoms with van der Waals surface area (Å²) in [5.41, 5.74) is 0. The lowest BCUT2D eigenvalue weighted by Gasteiger charge is -2.07. The third kappa shape index (κ3) is 4.63. The Labute approximate surface area is 57.0 Å². The van der Waals surface area contributed by atoms with Gasteiger partial charge in [-0.1, -0.05) is 0 Å². The van der Waals surface area contributed by atoms with Gasteiger partial charge in [-0.05, 0) is 0 Å². The van der Waals surface area contributed by atoms with Gasteiger partial charge in [0.2, 0.25) is 22.5 Å². The summed E-state index contributed by atoms with van der Waals surface area (Å²) in [6, 6.07) is 0. The highest BCUT2D eigenvalue weighted by molar-refractivity contribution is 7.80. The Hall–Kier alpha value is 0.140. The number of hydrogen-bond acceptors (Lipinski definition) is 2. The monoisotopic (exact) mass is 174 g/mol. The topological polar surface area (TPSA) is 89.9 Å². The van der Waals surface area contributed by atoms with Gasteiger partial charge in [-0.15, -0.1) is 9.25 Å². The lowest BCUT2D eigenvalue weighted by molar-refractivity contribution is 0.409. The van der Waals surface area contributed by atoms with E-state index in [2.05, 4.69) is 0 Å². The molecule has 2 unspecified atom stereocenters. The van der Waals surface area contributed by atoms with Crippen molar-refractivity contribution >= 4 is 22.5 Å². The van der Waals surface area contributed by atoms with Crippen LogP contribution in [0.1, 0.15) is 0 Å². The molecule has 0 heterocycles. The van der Waals surface area contributed by atoms with Crippen molar-refractivity contribution in [3.8, 4) is 0 Å². The molecule has 0 aromatic carbocycles. The van der Waals surface area contributed by atoms with Crippen molar-refractivity contribution in [3.63, 3.8) is 0 Å². The van der Waals surface area contributed by atoms with Crippen molar-refractivity contribution < 1.29 is 17.5 Å². The second-order valence-electron chi connectivity index (χ2n) is 1.07. The quantitative estimate of drug-likeness (QED) is 0.366. The fourth-order valence-corrected chi connectivity index (χ4v) is 0.808. The summed E-state index contributed by atoms with van der Waals surface area (Å²) in [5.74, 6) is 0. The Bertz CT molecular complexity index is 137. The normalized spacial score (nSPS) is 17.8. The average molecular weight is 174 g/mol. The highest BCUT2D eigenvalue weighted by Crippen LogP contribution is 1.78. The van der Waals surface area contributed by atoms with Crippen LogP contribution >= 0.6 is 0 Å². The first-order chi connectivity index (χ1) is 4.04. The zero-order chi connectivity index (χ0) is 7.44. The van der Waals surface area contributed by atoms with Gasteiger partial charge in [0.05, 0.1) is 0 Å². The first-order valence-corrected chi connectivity index (χ1v) is 3.93. The number of rotatable bonds is 3. The molecule has 0 saturated carbocycles. The molecule has 0 aliphatic carbocycles. The molecule has 8 heteroatoms. The molecule has 2 atom stereocenters. The Kier molecular flexibility index (Phi) is 4.10. The fraction of sp³-hybridized carbons (Fsp3) is 1.00. The molecule has 3 N–H and O–H groups in total. The van der Waals surface area contributed by atoms with Crippen LogP contribution in [0.25, 0.3) is 0 Å². The molecular weight excluding hydrogens is 168 g/mol. The first-order valence-electron chi connectivity index (χ1n) is 1.76. The zero-order valence-corrected chi connectivity index (χ0v) is 6.11. The summed E-state index contributed by atoms with van der Waals surface area (Å²) in [4.78, 5) is 1.75. The van der Waals surface area contributed by atoms with Crippen molar-refractivity contribution in [1.29, 1.82) is 0 Å². The van der Waals surface area contributed by atoms with Gasteiger partial charge in [0.1, 0.15) is 0 Å². The van der Waals surface area contributed by atoms with Crippen molar-refractivity contribution in [2.24, 2.45) is 0 Å². The van der Waals surface area contributed by atoms with Gasteiger partial charge < -0.3 is 0 Å². The van der Waals surface area contributed by atoms with Crippen molar-refractivity contribution in [2.75, 3.05) is 7.05 Å². The van der Waals surface area contributed by atoms with E-state index in [1.54, 1.807) is 4.83 Å². The van der Waals surface area contributed by atoms with Gasteiger partial charge in [0.25, 0.3) is 0 Å². The lowest BCUT2D eigenvalue weighted by atomic mass is 11.5. The molecule has 0 aromatic heterocycles. The molecule has 0 amide bonds. The molecule has 0 aromatic rings. The van der Waals surface area contributed by atoms with Crippen LogP contribution < -0.4 is 4.83 Å². The Morgan fingerprint density at radius 2 is 1.89 bits per heavy atom. The lowest BCUT2D eigenvalue weighted by Crippen LogP contribution is -2.36. The average Bonchev–Trinajstić information content (AvgIpc) is 1.63. The summed E-state index contributed by atoms with van der Waals surface area (Å²) >= 11 is -4.56. The maximum absolute atomic E-state index is 9.96. The van der Waals surface area contributed by atoms with Crippen molar-refractivity contribution in [2.45, 2.75) is 0 Å². The second-order valence-corrected chi connectivity index (χ2v) is 2.76. The van der Waals surface area contributed by atoms with Gasteiger partial charge in [0.15, 0.2) is 0 Å². The zero-order valence-electron chi connectivity index (χ0n) is 4.47. The Balaban J connectivity index is 3.63. The molecule has 0 spiro atoms. The van der Waals surface area contributed by atoms with E-state index in [0.29, 0.717) is 4.41 Å². The van der Waals surface area contributed by atoms with E-state index in [9.17, 15) is 8.42 Å². The smallest absolute Gasteiger partial charge is 0.249 e. The Morgan fingerprint density at radius 3 is 2.00 bits per heavy atom. The minimum atomic E-state index is -2.29. The van der Waals surface area contributed by atoms with Crippen LogP contribution in [0.2, 0.25) is 0 Å². The summed E-state index contributed by atoms with van der Waals surface area (Å²) in [7, 11) is 1.16. The minimum Gasteiger partial charge on any atom is -0.293 e. The largest absolute Gasteiger partial charge is 0.293 e.